The second kappa shape index (κ2) is 10.2. The summed E-state index contributed by atoms with van der Waals surface area (Å²) in [6.07, 6.45) is 0.784. The molecule has 0 aliphatic heterocycles. The zero-order valence-corrected chi connectivity index (χ0v) is 16.2. The lowest BCUT2D eigenvalue weighted by atomic mass is 10.0. The summed E-state index contributed by atoms with van der Waals surface area (Å²) >= 11 is 0. The standard InChI is InChI=1S/C19H25N3O6/c1-10-7-14(8-11(2)16(10)25)19(28)21-12(3)17(26)20-13(4)18(27)22-15(9-24)5-6-23/h6-9,12-13,15,25H,5H2,1-4H3,(H,20,26)(H,21,28)(H,22,27)/t12-,13-,15-/m0/s1. The molecule has 3 atom stereocenters. The lowest BCUT2D eigenvalue weighted by Crippen LogP contribution is -2.53. The fourth-order valence-corrected chi connectivity index (χ4v) is 2.40. The molecule has 0 aliphatic carbocycles. The van der Waals surface area contributed by atoms with Gasteiger partial charge in [-0.05, 0) is 51.0 Å². The van der Waals surface area contributed by atoms with Crippen molar-refractivity contribution >= 4 is 30.3 Å². The second-order valence-electron chi connectivity index (χ2n) is 6.54. The molecule has 0 aromatic heterocycles. The van der Waals surface area contributed by atoms with Gasteiger partial charge in [0, 0.05) is 12.0 Å². The SMILES string of the molecule is Cc1cc(C(=O)N[C@@H](C)C(=O)N[C@@H](C)C(=O)N[C@H](C=O)CC=O)cc(C)c1O. The van der Waals surface area contributed by atoms with Crippen LogP contribution in [0.3, 0.4) is 0 Å². The summed E-state index contributed by atoms with van der Waals surface area (Å²) in [5.74, 6) is -1.62. The van der Waals surface area contributed by atoms with Crippen LogP contribution in [0.5, 0.6) is 5.75 Å². The smallest absolute Gasteiger partial charge is 0.251 e. The number of phenolic OH excluding ortho intramolecular Hbond substituents is 1. The molecule has 0 saturated heterocycles. The molecule has 1 aromatic carbocycles. The van der Waals surface area contributed by atoms with Gasteiger partial charge >= 0.3 is 0 Å². The molecular formula is C19H25N3O6. The number of amides is 3. The van der Waals surface area contributed by atoms with E-state index in [1.54, 1.807) is 13.8 Å². The first-order chi connectivity index (χ1) is 13.1. The summed E-state index contributed by atoms with van der Waals surface area (Å²) in [5.41, 5.74) is 1.36. The predicted octanol–water partition coefficient (Wildman–Crippen LogP) is -0.0953. The molecule has 28 heavy (non-hydrogen) atoms. The van der Waals surface area contributed by atoms with E-state index in [1.165, 1.54) is 26.0 Å². The zero-order chi connectivity index (χ0) is 21.4. The Morgan fingerprint density at radius 3 is 1.96 bits per heavy atom. The summed E-state index contributed by atoms with van der Waals surface area (Å²) < 4.78 is 0. The van der Waals surface area contributed by atoms with E-state index in [0.717, 1.165) is 0 Å². The van der Waals surface area contributed by atoms with E-state index in [0.29, 0.717) is 29.3 Å². The van der Waals surface area contributed by atoms with Gasteiger partial charge in [-0.1, -0.05) is 0 Å². The molecule has 0 radical (unpaired) electrons. The fourth-order valence-electron chi connectivity index (χ4n) is 2.40. The highest BCUT2D eigenvalue weighted by Crippen LogP contribution is 2.22. The van der Waals surface area contributed by atoms with Crippen LogP contribution in [0, 0.1) is 13.8 Å². The number of rotatable bonds is 9. The van der Waals surface area contributed by atoms with Gasteiger partial charge in [0.25, 0.3) is 5.91 Å². The van der Waals surface area contributed by atoms with Crippen molar-refractivity contribution in [3.8, 4) is 5.75 Å². The highest BCUT2D eigenvalue weighted by molar-refractivity contribution is 5.98. The number of aromatic hydroxyl groups is 1. The Balaban J connectivity index is 2.67. The van der Waals surface area contributed by atoms with E-state index in [2.05, 4.69) is 16.0 Å². The molecule has 1 rings (SSSR count). The molecule has 0 bridgehead atoms. The summed E-state index contributed by atoms with van der Waals surface area (Å²) in [4.78, 5) is 57.8. The Morgan fingerprint density at radius 1 is 0.964 bits per heavy atom. The molecule has 0 unspecified atom stereocenters. The molecule has 9 nitrogen and oxygen atoms in total. The van der Waals surface area contributed by atoms with Gasteiger partial charge in [0.05, 0.1) is 6.04 Å². The number of phenols is 1. The number of nitrogens with one attached hydrogen (secondary N) is 3. The van der Waals surface area contributed by atoms with Gasteiger partial charge in [0.2, 0.25) is 11.8 Å². The molecule has 0 saturated carbocycles. The van der Waals surface area contributed by atoms with E-state index < -0.39 is 35.8 Å². The highest BCUT2D eigenvalue weighted by Gasteiger charge is 2.23. The van der Waals surface area contributed by atoms with Crippen molar-refractivity contribution in [1.29, 1.82) is 0 Å². The number of aryl methyl sites for hydroxylation is 2. The molecule has 4 N–H and O–H groups in total. The van der Waals surface area contributed by atoms with Crippen LogP contribution < -0.4 is 16.0 Å². The van der Waals surface area contributed by atoms with Gasteiger partial charge in [-0.3, -0.25) is 14.4 Å². The third-order valence-electron chi connectivity index (χ3n) is 4.09. The Kier molecular flexibility index (Phi) is 8.30. The van der Waals surface area contributed by atoms with Gasteiger partial charge in [-0.25, -0.2) is 0 Å². The van der Waals surface area contributed by atoms with Crippen LogP contribution >= 0.6 is 0 Å². The number of carbonyl (C=O) groups excluding carboxylic acids is 5. The molecule has 0 aliphatic rings. The third-order valence-corrected chi connectivity index (χ3v) is 4.09. The summed E-state index contributed by atoms with van der Waals surface area (Å²) in [5, 5.41) is 17.1. The van der Waals surface area contributed by atoms with Crippen LogP contribution in [0.15, 0.2) is 12.1 Å². The van der Waals surface area contributed by atoms with Gasteiger partial charge < -0.3 is 30.6 Å². The highest BCUT2D eigenvalue weighted by atomic mass is 16.3. The summed E-state index contributed by atoms with van der Waals surface area (Å²) in [6.45, 7) is 6.19. The first-order valence-corrected chi connectivity index (χ1v) is 8.71. The van der Waals surface area contributed by atoms with E-state index in [9.17, 15) is 29.1 Å². The Hall–Kier alpha value is -3.23. The monoisotopic (exact) mass is 391 g/mol. The second-order valence-corrected chi connectivity index (χ2v) is 6.54. The number of hydrogen-bond donors (Lipinski definition) is 4. The van der Waals surface area contributed by atoms with E-state index in [1.807, 2.05) is 0 Å². The van der Waals surface area contributed by atoms with Crippen molar-refractivity contribution < 1.29 is 29.1 Å². The Labute approximate surface area is 162 Å². The first-order valence-electron chi connectivity index (χ1n) is 8.71. The summed E-state index contributed by atoms with van der Waals surface area (Å²) in [7, 11) is 0. The minimum atomic E-state index is -0.973. The molecule has 9 heteroatoms. The molecule has 0 spiro atoms. The van der Waals surface area contributed by atoms with Gasteiger partial charge in [0.1, 0.15) is 30.4 Å². The fraction of sp³-hybridized carbons (Fsp3) is 0.421. The Bertz CT molecular complexity index is 754. The van der Waals surface area contributed by atoms with Crippen LogP contribution in [0.25, 0.3) is 0 Å². The molecular weight excluding hydrogens is 366 g/mol. The van der Waals surface area contributed by atoms with Crippen molar-refractivity contribution in [2.75, 3.05) is 0 Å². The molecule has 0 fully saturated rings. The minimum Gasteiger partial charge on any atom is -0.507 e. The van der Waals surface area contributed by atoms with E-state index >= 15 is 0 Å². The lowest BCUT2D eigenvalue weighted by molar-refractivity contribution is -0.130. The first kappa shape index (κ1) is 22.8. The van der Waals surface area contributed by atoms with E-state index in [4.69, 9.17) is 0 Å². The quantitative estimate of drug-likeness (QED) is 0.433. The van der Waals surface area contributed by atoms with Gasteiger partial charge in [0.15, 0.2) is 0 Å². The minimum absolute atomic E-state index is 0.102. The van der Waals surface area contributed by atoms with E-state index in [-0.39, 0.29) is 12.2 Å². The number of aldehydes is 2. The largest absolute Gasteiger partial charge is 0.507 e. The van der Waals surface area contributed by atoms with Crippen LogP contribution in [-0.2, 0) is 19.2 Å². The maximum Gasteiger partial charge on any atom is 0.251 e. The molecule has 152 valence electrons. The van der Waals surface area contributed by atoms with Crippen LogP contribution in [0.2, 0.25) is 0 Å². The Morgan fingerprint density at radius 2 is 1.46 bits per heavy atom. The normalized spacial score (nSPS) is 13.6. The maximum atomic E-state index is 12.3. The van der Waals surface area contributed by atoms with Crippen LogP contribution in [0.4, 0.5) is 0 Å². The number of benzene rings is 1. The van der Waals surface area contributed by atoms with Gasteiger partial charge in [-0.15, -0.1) is 0 Å². The van der Waals surface area contributed by atoms with Crippen LogP contribution in [0.1, 0.15) is 41.8 Å². The third kappa shape index (κ3) is 6.19. The van der Waals surface area contributed by atoms with Gasteiger partial charge in [-0.2, -0.15) is 0 Å². The molecule has 3 amide bonds. The molecule has 1 aromatic rings. The van der Waals surface area contributed by atoms with Crippen molar-refractivity contribution in [1.82, 2.24) is 16.0 Å². The van der Waals surface area contributed by atoms with Crippen molar-refractivity contribution in [2.45, 2.75) is 52.2 Å². The van der Waals surface area contributed by atoms with Crippen molar-refractivity contribution in [3.05, 3.63) is 28.8 Å². The van der Waals surface area contributed by atoms with Crippen LogP contribution in [-0.4, -0.2) is 53.5 Å². The molecule has 0 heterocycles. The number of hydrogen-bond acceptors (Lipinski definition) is 6. The predicted molar refractivity (Wildman–Crippen MR) is 101 cm³/mol. The van der Waals surface area contributed by atoms with Crippen molar-refractivity contribution in [2.24, 2.45) is 0 Å². The maximum absolute atomic E-state index is 12.3. The topological polar surface area (TPSA) is 142 Å². The lowest BCUT2D eigenvalue weighted by Gasteiger charge is -2.19. The average Bonchev–Trinajstić information content (AvgIpc) is 2.64. The number of carbonyl (C=O) groups is 5. The average molecular weight is 391 g/mol. The van der Waals surface area contributed by atoms with Crippen molar-refractivity contribution in [3.63, 3.8) is 0 Å². The summed E-state index contributed by atoms with van der Waals surface area (Å²) in [6, 6.07) is 0.145. The zero-order valence-electron chi connectivity index (χ0n) is 16.2.